The van der Waals surface area contributed by atoms with Crippen molar-refractivity contribution in [3.8, 4) is 0 Å². The molecule has 0 aliphatic carbocycles. The molecular weight excluding hydrogens is 853 g/mol. The first-order valence-corrected chi connectivity index (χ1v) is 19.8. The van der Waals surface area contributed by atoms with Gasteiger partial charge in [-0.2, -0.15) is 25.8 Å². The van der Waals surface area contributed by atoms with Gasteiger partial charge in [-0.1, -0.05) is 22.0 Å². The van der Waals surface area contributed by atoms with E-state index in [1.807, 2.05) is 90.0 Å². The van der Waals surface area contributed by atoms with Crippen LogP contribution >= 0.6 is 28.6 Å². The summed E-state index contributed by atoms with van der Waals surface area (Å²) >= 11 is 7.52. The minimum absolute atomic E-state index is 0.0772. The van der Waals surface area contributed by atoms with Crippen LogP contribution in [0.4, 0.5) is 13.2 Å². The number of carboxylic acids is 1. The number of aliphatic carboxylic acids is 1. The summed E-state index contributed by atoms with van der Waals surface area (Å²) in [6, 6.07) is 15.6. The van der Waals surface area contributed by atoms with Crippen LogP contribution in [-0.2, 0) is 79.1 Å². The van der Waals surface area contributed by atoms with Crippen LogP contribution in [0.25, 0.3) is 0 Å². The molecule has 2 N–H and O–H groups in total. The second kappa shape index (κ2) is 30.7. The first kappa shape index (κ1) is 54.7. The standard InChI is InChI=1S/C7H9BrN.C7H10NO.C7H9NS.C6H7NO.C2HF3O2.2CH4O4S/c1-9-4-2-3-7(5-8)6-9;2*1-8-4-2-3-7(5-8)6-9;8-5-6-2-1-3-7-4-6;3-2(4,5)1(6)7;2*1-6(3,4)5-2/h2-4,6H,5H2,1H3;2-5,9H,6H2,1H3;2-5H,6H2,1H3;1-4,8H,5H2;(H,6,7);2*2H,1H3/q2*+1;;;;;/p-2. The molecule has 304 valence electrons. The van der Waals surface area contributed by atoms with Crippen molar-refractivity contribution in [1.29, 1.82) is 0 Å². The number of aryl methyl sites for hydroxylation is 3. The molecule has 4 heterocycles. The number of nitrogens with zero attached hydrogens (tertiary/aromatic N) is 4. The molecule has 0 bridgehead atoms. The number of hydrogen-bond acceptors (Lipinski definition) is 14. The molecule has 0 saturated carbocycles. The maximum Gasteiger partial charge on any atom is 0.430 e. The summed E-state index contributed by atoms with van der Waals surface area (Å²) in [5, 5.41) is 44.6. The van der Waals surface area contributed by atoms with Crippen molar-refractivity contribution < 1.29 is 83.0 Å². The van der Waals surface area contributed by atoms with Crippen LogP contribution in [-0.4, -0.2) is 56.7 Å². The van der Waals surface area contributed by atoms with Crippen LogP contribution in [0.15, 0.2) is 98.1 Å². The fourth-order valence-corrected chi connectivity index (χ4v) is 3.23. The van der Waals surface area contributed by atoms with Crippen molar-refractivity contribution in [2.75, 3.05) is 12.5 Å². The number of halogens is 4. The molecule has 4 aromatic heterocycles. The number of pyridine rings is 4. The molecule has 0 radical (unpaired) electrons. The lowest BCUT2D eigenvalue weighted by molar-refractivity contribution is -0.672. The zero-order valence-corrected chi connectivity index (χ0v) is 33.7. The first-order chi connectivity index (χ1) is 25.0. The van der Waals surface area contributed by atoms with Crippen molar-refractivity contribution >= 4 is 54.8 Å². The fourth-order valence-electron chi connectivity index (χ4n) is 2.71. The average Bonchev–Trinajstić information content (AvgIpc) is 3.12. The Hall–Kier alpha value is -3.65. The molecule has 4 rings (SSSR count). The first-order valence-electron chi connectivity index (χ1n) is 14.4. The van der Waals surface area contributed by atoms with Crippen molar-refractivity contribution in [3.63, 3.8) is 0 Å². The molecule has 0 spiro atoms. The monoisotopic (exact) mass is 894 g/mol. The van der Waals surface area contributed by atoms with Crippen molar-refractivity contribution in [2.45, 2.75) is 30.5 Å². The molecule has 0 aromatic carbocycles. The lowest BCUT2D eigenvalue weighted by atomic mass is 10.3. The summed E-state index contributed by atoms with van der Waals surface area (Å²) < 4.78 is 80.7. The van der Waals surface area contributed by atoms with Crippen LogP contribution in [0.3, 0.4) is 0 Å². The maximum atomic E-state index is 10.5. The lowest BCUT2D eigenvalue weighted by Gasteiger charge is -2.03. The Morgan fingerprint density at radius 2 is 1.11 bits per heavy atom. The van der Waals surface area contributed by atoms with E-state index in [4.69, 9.17) is 30.6 Å². The normalized spacial score (nSPS) is 10.2. The van der Waals surface area contributed by atoms with Gasteiger partial charge in [0.05, 0.1) is 25.7 Å². The van der Waals surface area contributed by atoms with Gasteiger partial charge in [-0.25, -0.2) is 30.5 Å². The van der Waals surface area contributed by atoms with Gasteiger partial charge in [0.2, 0.25) is 0 Å². The van der Waals surface area contributed by atoms with E-state index in [-0.39, 0.29) is 13.2 Å². The predicted octanol–water partition coefficient (Wildman–Crippen LogP) is -1.30. The molecule has 0 aliphatic heterocycles. The molecule has 0 unspecified atom stereocenters. The molecular formula is C31H42BrF3N4O12S3. The highest BCUT2D eigenvalue weighted by Gasteiger charge is 2.28. The summed E-state index contributed by atoms with van der Waals surface area (Å²) in [6.45, 7) is 0.197. The molecule has 23 heteroatoms. The van der Waals surface area contributed by atoms with E-state index >= 15 is 0 Å². The van der Waals surface area contributed by atoms with Crippen LogP contribution in [0, 0.1) is 0 Å². The summed E-state index contributed by atoms with van der Waals surface area (Å²) in [5.41, 5.74) is 4.36. The molecule has 54 heavy (non-hydrogen) atoms. The number of carbonyl (C=O) groups is 1. The van der Waals surface area contributed by atoms with E-state index in [2.05, 4.69) is 66.7 Å². The third-order valence-corrected chi connectivity index (χ3v) is 6.41. The molecule has 0 saturated heterocycles. The number of aromatic nitrogens is 4. The largest absolute Gasteiger partial charge is 0.707 e. The number of carbonyl (C=O) groups excluding carboxylic acids is 1. The van der Waals surface area contributed by atoms with Gasteiger partial charge in [-0.15, -0.1) is 0 Å². The lowest BCUT2D eigenvalue weighted by Crippen LogP contribution is -2.37. The predicted molar refractivity (Wildman–Crippen MR) is 187 cm³/mol. The van der Waals surface area contributed by atoms with Crippen LogP contribution in [0.1, 0.15) is 22.3 Å². The van der Waals surface area contributed by atoms with Gasteiger partial charge in [0.25, 0.3) is 20.2 Å². The number of rotatable bonds is 6. The van der Waals surface area contributed by atoms with E-state index < -0.39 is 32.4 Å². The van der Waals surface area contributed by atoms with E-state index in [0.29, 0.717) is 12.5 Å². The summed E-state index contributed by atoms with van der Waals surface area (Å²) in [5.74, 6) is -2.19. The van der Waals surface area contributed by atoms with Gasteiger partial charge < -0.3 is 39.3 Å². The molecule has 16 nitrogen and oxygen atoms in total. The third kappa shape index (κ3) is 36.7. The maximum absolute atomic E-state index is 10.5. The minimum atomic E-state index is -5.19. The summed E-state index contributed by atoms with van der Waals surface area (Å²) in [6.07, 6.45) is 11.5. The molecule has 0 fully saturated rings. The Labute approximate surface area is 326 Å². The number of thiol groups is 1. The molecule has 0 atom stereocenters. The zero-order valence-electron chi connectivity index (χ0n) is 29.6. The second-order valence-corrected chi connectivity index (χ2v) is 13.9. The number of aliphatic hydroxyl groups excluding tert-OH is 2. The van der Waals surface area contributed by atoms with E-state index in [0.717, 1.165) is 22.2 Å². The molecule has 0 amide bonds. The van der Waals surface area contributed by atoms with Gasteiger partial charge in [0, 0.05) is 58.4 Å². The van der Waals surface area contributed by atoms with Gasteiger partial charge in [0.15, 0.2) is 37.2 Å². The SMILES string of the molecule is CS(=O)(=O)O[O-].CS(=O)(=O)O[O-].C[n+]1cccc(CBr)c1.C[n+]1cccc(CO)c1.C[n+]1cccc(CS)c1.O=C([O-])C(F)(F)F.OCc1cccnc1. The van der Waals surface area contributed by atoms with Gasteiger partial charge in [-0.05, 0) is 29.8 Å². The Balaban J connectivity index is -0.000000566. The minimum Gasteiger partial charge on any atom is -0.707 e. The second-order valence-electron chi connectivity index (χ2n) is 9.93. The number of carboxylic acid groups (broad SMARTS) is 1. The Morgan fingerprint density at radius 3 is 1.31 bits per heavy atom. The van der Waals surface area contributed by atoms with Gasteiger partial charge >= 0.3 is 6.18 Å². The average molecular weight is 896 g/mol. The topological polar surface area (TPSA) is 238 Å². The highest BCUT2D eigenvalue weighted by atomic mass is 79.9. The number of hydrogen-bond donors (Lipinski definition) is 3. The highest BCUT2D eigenvalue weighted by Crippen LogP contribution is 2.11. The number of alkyl halides is 4. The zero-order chi connectivity index (χ0) is 42.4. The Morgan fingerprint density at radius 1 is 0.778 bits per heavy atom. The van der Waals surface area contributed by atoms with Crippen molar-refractivity contribution in [3.05, 3.63) is 120 Å². The summed E-state index contributed by atoms with van der Waals surface area (Å²) in [4.78, 5) is 12.6. The smallest absolute Gasteiger partial charge is 0.430 e. The summed E-state index contributed by atoms with van der Waals surface area (Å²) in [7, 11) is -1.48. The molecule has 4 aromatic rings. The third-order valence-electron chi connectivity index (χ3n) is 4.91. The van der Waals surface area contributed by atoms with Crippen molar-refractivity contribution in [1.82, 2.24) is 4.98 Å². The van der Waals surface area contributed by atoms with E-state index in [1.54, 1.807) is 18.5 Å². The Bertz CT molecular complexity index is 1670. The molecule has 0 aliphatic rings. The fraction of sp³-hybridized carbons (Fsp3) is 0.323. The van der Waals surface area contributed by atoms with Crippen LogP contribution < -0.4 is 29.3 Å². The van der Waals surface area contributed by atoms with Gasteiger partial charge in [-0.3, -0.25) is 4.98 Å². The highest BCUT2D eigenvalue weighted by molar-refractivity contribution is 9.08. The van der Waals surface area contributed by atoms with Crippen LogP contribution in [0.2, 0.25) is 0 Å². The van der Waals surface area contributed by atoms with Gasteiger partial charge in [0.1, 0.15) is 27.1 Å². The van der Waals surface area contributed by atoms with E-state index in [1.165, 1.54) is 11.1 Å². The quantitative estimate of drug-likeness (QED) is 0.0672. The van der Waals surface area contributed by atoms with Crippen molar-refractivity contribution in [2.24, 2.45) is 21.1 Å². The van der Waals surface area contributed by atoms with Crippen LogP contribution in [0.5, 0.6) is 0 Å². The number of aliphatic hydroxyl groups is 2. The van der Waals surface area contributed by atoms with E-state index in [9.17, 15) is 30.0 Å². The Kier molecular flexibility index (Phi) is 31.0.